The van der Waals surface area contributed by atoms with Crippen LogP contribution in [-0.2, 0) is 19.3 Å². The van der Waals surface area contributed by atoms with Crippen LogP contribution in [0.3, 0.4) is 0 Å². The number of piperazine rings is 1. The Balaban J connectivity index is 1.08. The second-order valence-corrected chi connectivity index (χ2v) is 16.1. The average Bonchev–Trinajstić information content (AvgIpc) is 3.78. The van der Waals surface area contributed by atoms with Crippen molar-refractivity contribution in [3.8, 4) is 11.6 Å². The van der Waals surface area contributed by atoms with Crippen molar-refractivity contribution in [3.05, 3.63) is 64.3 Å². The van der Waals surface area contributed by atoms with Gasteiger partial charge >= 0.3 is 0 Å². The molecule has 2 aromatic heterocycles. The van der Waals surface area contributed by atoms with Gasteiger partial charge in [0.25, 0.3) is 11.6 Å². The normalized spacial score (nSPS) is 24.7. The molecule has 1 amide bonds. The van der Waals surface area contributed by atoms with E-state index < -0.39 is 38.5 Å². The third kappa shape index (κ3) is 5.72. The van der Waals surface area contributed by atoms with Crippen LogP contribution < -0.4 is 25.4 Å². The molecule has 18 heteroatoms. The van der Waals surface area contributed by atoms with Gasteiger partial charge in [-0.1, -0.05) is 6.07 Å². The summed E-state index contributed by atoms with van der Waals surface area (Å²) in [5.41, 5.74) is 6.48. The van der Waals surface area contributed by atoms with Crippen molar-refractivity contribution in [1.82, 2.24) is 19.8 Å². The number of primary amides is 1. The number of carbonyl (C=O) groups excluding carboxylic acids is 1. The number of para-hydroxylation sites is 1. The number of nitro groups is 1. The van der Waals surface area contributed by atoms with Gasteiger partial charge < -0.3 is 39.9 Å². The van der Waals surface area contributed by atoms with E-state index in [2.05, 4.69) is 32.0 Å². The van der Waals surface area contributed by atoms with Crippen molar-refractivity contribution < 1.29 is 37.1 Å². The number of benzene rings is 2. The lowest BCUT2D eigenvalue weighted by Gasteiger charge is -2.47. The van der Waals surface area contributed by atoms with Crippen molar-refractivity contribution in [2.24, 2.45) is 5.73 Å². The summed E-state index contributed by atoms with van der Waals surface area (Å²) in [4.78, 5) is 38.5. The first-order valence-electron chi connectivity index (χ1n) is 17.5. The molecule has 0 aliphatic carbocycles. The number of pyridine rings is 1. The Hall–Kier alpha value is -5.01. The lowest BCUT2D eigenvalue weighted by Crippen LogP contribution is -2.61. The Morgan fingerprint density at radius 2 is 1.92 bits per heavy atom. The molecule has 0 spiro atoms. The summed E-state index contributed by atoms with van der Waals surface area (Å²) in [7, 11) is -4.57. The van der Waals surface area contributed by atoms with Crippen LogP contribution in [0.2, 0.25) is 0 Å². The van der Waals surface area contributed by atoms with Gasteiger partial charge in [-0.05, 0) is 31.2 Å². The van der Waals surface area contributed by atoms with E-state index in [9.17, 15) is 23.3 Å². The molecule has 4 atom stereocenters. The Morgan fingerprint density at radius 1 is 1.09 bits per heavy atom. The Kier molecular flexibility index (Phi) is 8.19. The minimum absolute atomic E-state index is 0.000349. The van der Waals surface area contributed by atoms with Crippen LogP contribution in [0.15, 0.2) is 58.5 Å². The highest BCUT2D eigenvalue weighted by molar-refractivity contribution is 7.91. The van der Waals surface area contributed by atoms with E-state index in [1.807, 2.05) is 6.07 Å². The van der Waals surface area contributed by atoms with Gasteiger partial charge in [0.15, 0.2) is 11.4 Å². The third-order valence-corrected chi connectivity index (χ3v) is 12.6. The maximum atomic E-state index is 14.8. The van der Waals surface area contributed by atoms with Gasteiger partial charge in [-0.25, -0.2) is 8.42 Å². The molecule has 3 saturated heterocycles. The number of nitrogens with one attached hydrogen (secondary N) is 2. The molecular weight excluding hydrogens is 708 g/mol. The molecule has 53 heavy (non-hydrogen) atoms. The van der Waals surface area contributed by atoms with Crippen LogP contribution in [0.25, 0.3) is 11.0 Å². The number of sulfone groups is 1. The quantitative estimate of drug-likeness (QED) is 0.175. The standard InChI is InChI=1S/C35H38N8O9S/c1-19-12-40(7-8-41(19)22-15-49-16-22)13-21-14-51-28-11-23(10-25(43(45)46)31(28)38-21)53(47,48)30-4-2-3-24(33(36)44)32(30)42-26-9-20-5-6-37-34(20)39-35(26)52-29-18-50-17-27(29)42/h2-6,9-11,19,21-22,27,29,38H,7-8,12-18H2,1H3,(H2,36,44)(H,37,39)/t19-,21-,27-,29+/m1/s1. The third-order valence-electron chi connectivity index (χ3n) is 10.8. The van der Waals surface area contributed by atoms with Gasteiger partial charge in [-0.15, -0.1) is 0 Å². The number of ether oxygens (including phenoxy) is 4. The highest BCUT2D eigenvalue weighted by atomic mass is 32.2. The monoisotopic (exact) mass is 746 g/mol. The summed E-state index contributed by atoms with van der Waals surface area (Å²) < 4.78 is 53.0. The van der Waals surface area contributed by atoms with Crippen molar-refractivity contribution in [1.29, 1.82) is 0 Å². The molecule has 3 fully saturated rings. The van der Waals surface area contributed by atoms with Gasteiger partial charge in [-0.3, -0.25) is 24.7 Å². The minimum Gasteiger partial charge on any atom is -0.489 e. The summed E-state index contributed by atoms with van der Waals surface area (Å²) in [5.74, 6) is -0.596. The number of amides is 1. The number of anilines is 3. The molecule has 4 aromatic rings. The zero-order valence-corrected chi connectivity index (χ0v) is 29.6. The van der Waals surface area contributed by atoms with Crippen LogP contribution in [0.5, 0.6) is 11.6 Å². The van der Waals surface area contributed by atoms with Crippen LogP contribution in [0.4, 0.5) is 22.7 Å². The summed E-state index contributed by atoms with van der Waals surface area (Å²) in [6.07, 6.45) is 1.18. The molecule has 5 aliphatic rings. The first-order valence-corrected chi connectivity index (χ1v) is 19.0. The molecule has 7 heterocycles. The zero-order valence-electron chi connectivity index (χ0n) is 28.8. The molecule has 278 valence electrons. The van der Waals surface area contributed by atoms with E-state index in [0.717, 1.165) is 44.3 Å². The molecule has 5 aliphatic heterocycles. The number of aromatic nitrogens is 2. The average molecular weight is 747 g/mol. The van der Waals surface area contributed by atoms with Crippen molar-refractivity contribution >= 4 is 49.5 Å². The Bertz CT molecular complexity index is 2250. The number of carbonyl (C=O) groups is 1. The van der Waals surface area contributed by atoms with Gasteiger partial charge in [0.1, 0.15) is 24.0 Å². The summed E-state index contributed by atoms with van der Waals surface area (Å²) in [6, 6.07) is 10.1. The first-order chi connectivity index (χ1) is 25.6. The summed E-state index contributed by atoms with van der Waals surface area (Å²) in [6.45, 7) is 7.41. The highest BCUT2D eigenvalue weighted by Crippen LogP contribution is 2.48. The number of H-pyrrole nitrogens is 1. The van der Waals surface area contributed by atoms with E-state index in [4.69, 9.17) is 24.7 Å². The molecule has 2 aromatic carbocycles. The van der Waals surface area contributed by atoms with E-state index >= 15 is 0 Å². The van der Waals surface area contributed by atoms with Gasteiger partial charge in [-0.2, -0.15) is 4.98 Å². The SMILES string of the molecule is C[C@@H]1CN(C[C@@H]2COc3cc(S(=O)(=O)c4cccc(C(N)=O)c4N4c5cc6cc[nH]c6nc5O[C@H]5COC[C@H]54)cc([N+](=O)[O-])c3N2)CCN1C1COC1. The van der Waals surface area contributed by atoms with Crippen LogP contribution in [-0.4, -0.2) is 129 Å². The number of aromatic amines is 1. The van der Waals surface area contributed by atoms with Gasteiger partial charge in [0, 0.05) is 55.9 Å². The number of hydrogen-bond acceptors (Lipinski definition) is 14. The number of nitrogens with two attached hydrogens (primary N) is 1. The smallest absolute Gasteiger partial charge is 0.297 e. The largest absolute Gasteiger partial charge is 0.489 e. The predicted molar refractivity (Wildman–Crippen MR) is 191 cm³/mol. The van der Waals surface area contributed by atoms with E-state index in [0.29, 0.717) is 30.0 Å². The maximum Gasteiger partial charge on any atom is 0.297 e. The number of nitro benzene ring substituents is 1. The number of rotatable bonds is 8. The molecule has 0 unspecified atom stereocenters. The van der Waals surface area contributed by atoms with E-state index in [1.165, 1.54) is 24.3 Å². The number of fused-ring (bicyclic) bond motifs is 4. The Morgan fingerprint density at radius 3 is 2.68 bits per heavy atom. The van der Waals surface area contributed by atoms with Crippen LogP contribution in [0.1, 0.15) is 17.3 Å². The molecular formula is C35H38N8O9S. The molecule has 4 N–H and O–H groups in total. The predicted octanol–water partition coefficient (Wildman–Crippen LogP) is 2.28. The molecule has 9 rings (SSSR count). The van der Waals surface area contributed by atoms with Crippen molar-refractivity contribution in [3.63, 3.8) is 0 Å². The van der Waals surface area contributed by atoms with Crippen molar-refractivity contribution in [2.45, 2.75) is 47.0 Å². The van der Waals surface area contributed by atoms with Crippen LogP contribution >= 0.6 is 0 Å². The summed E-state index contributed by atoms with van der Waals surface area (Å²) in [5, 5.41) is 16.6. The lowest BCUT2D eigenvalue weighted by molar-refractivity contribution is -0.384. The Labute approximate surface area is 304 Å². The fourth-order valence-electron chi connectivity index (χ4n) is 8.16. The summed E-state index contributed by atoms with van der Waals surface area (Å²) >= 11 is 0. The maximum absolute atomic E-state index is 14.8. The van der Waals surface area contributed by atoms with E-state index in [-0.39, 0.29) is 64.2 Å². The second-order valence-electron chi connectivity index (χ2n) is 14.1. The van der Waals surface area contributed by atoms with Crippen molar-refractivity contribution in [2.75, 3.05) is 69.4 Å². The molecule has 0 bridgehead atoms. The van der Waals surface area contributed by atoms with Crippen LogP contribution in [0, 0.1) is 10.1 Å². The molecule has 0 radical (unpaired) electrons. The topological polar surface area (TPSA) is 208 Å². The second kappa shape index (κ2) is 12.8. The van der Waals surface area contributed by atoms with Gasteiger partial charge in [0.05, 0.1) is 70.5 Å². The van der Waals surface area contributed by atoms with Gasteiger partial charge in [0.2, 0.25) is 15.7 Å². The number of nitrogens with zero attached hydrogens (tertiary/aromatic N) is 5. The van der Waals surface area contributed by atoms with E-state index in [1.54, 1.807) is 17.2 Å². The molecule has 17 nitrogen and oxygen atoms in total. The number of hydrogen-bond donors (Lipinski definition) is 3. The fourth-order valence-corrected chi connectivity index (χ4v) is 9.67. The minimum atomic E-state index is -4.57. The zero-order chi connectivity index (χ0) is 36.6. The fraction of sp³-hybridized carbons (Fsp3) is 0.429. The highest BCUT2D eigenvalue weighted by Gasteiger charge is 2.45. The lowest BCUT2D eigenvalue weighted by atomic mass is 10.0. The first kappa shape index (κ1) is 33.8. The molecule has 0 saturated carbocycles.